The van der Waals surface area contributed by atoms with Crippen LogP contribution in [0.1, 0.15) is 30.2 Å². The molecule has 214 valence electrons. The third-order valence-corrected chi connectivity index (χ3v) is 5.85. The van der Waals surface area contributed by atoms with Crippen LogP contribution in [0.5, 0.6) is 5.75 Å². The second kappa shape index (κ2) is 13.3. The van der Waals surface area contributed by atoms with Gasteiger partial charge in [-0.25, -0.2) is 23.5 Å². The molecule has 1 aliphatic heterocycles. The van der Waals surface area contributed by atoms with Crippen molar-refractivity contribution in [2.45, 2.75) is 39.1 Å². The van der Waals surface area contributed by atoms with Crippen molar-refractivity contribution in [1.82, 2.24) is 14.9 Å². The molecule has 2 N–H and O–H groups in total. The van der Waals surface area contributed by atoms with E-state index < -0.39 is 23.9 Å². The molecule has 3 aromatic rings. The molecule has 13 heteroatoms. The van der Waals surface area contributed by atoms with Gasteiger partial charge in [-0.1, -0.05) is 19.1 Å². The van der Waals surface area contributed by atoms with E-state index in [1.54, 1.807) is 30.5 Å². The molecule has 0 saturated carbocycles. The molecule has 1 atom stereocenters. The second-order valence-electron chi connectivity index (χ2n) is 9.21. The van der Waals surface area contributed by atoms with Gasteiger partial charge in [0.15, 0.2) is 5.82 Å². The van der Waals surface area contributed by atoms with E-state index in [4.69, 9.17) is 19.7 Å². The Morgan fingerprint density at radius 3 is 2.38 bits per heavy atom. The molecule has 4 rings (SSSR count). The molecular weight excluding hydrogens is 541 g/mol. The van der Waals surface area contributed by atoms with Gasteiger partial charge in [-0.2, -0.15) is 13.2 Å². The van der Waals surface area contributed by atoms with Crippen LogP contribution in [0.3, 0.4) is 0 Å². The van der Waals surface area contributed by atoms with E-state index in [0.717, 1.165) is 23.4 Å². The van der Waals surface area contributed by atoms with Crippen molar-refractivity contribution < 1.29 is 46.5 Å². The summed E-state index contributed by atoms with van der Waals surface area (Å²) >= 11 is 0. The molecule has 0 spiro atoms. The Bertz CT molecular complexity index is 1340. The van der Waals surface area contributed by atoms with Crippen molar-refractivity contribution in [3.8, 4) is 17.1 Å². The number of fused-ring (bicyclic) bond motifs is 1. The lowest BCUT2D eigenvalue weighted by atomic mass is 10.0. The first-order valence-corrected chi connectivity index (χ1v) is 12.1. The standard InChI is InChI=1S/C25H25F2N3O3.C2HF3O2/c1-16(10-24(31)32)13-30-9-8-23-18(14-30)12-28-25(29-23)21-7-6-20(11-22(21)27)33-15-17-2-4-19(26)5-3-17;3-2(4,5)1(6)7/h2-7,11-12,16H,8-10,13-15H2,1H3,(H,31,32);(H,6,7). The number of ether oxygens (including phenoxy) is 1. The molecule has 1 aromatic heterocycles. The summed E-state index contributed by atoms with van der Waals surface area (Å²) in [5.74, 6) is -3.60. The molecular formula is C27H26F5N3O5. The SMILES string of the molecule is CC(CC(=O)O)CN1CCc2nc(-c3ccc(OCc4ccc(F)cc4)cc3F)ncc2C1.O=C(O)C(F)(F)F. The van der Waals surface area contributed by atoms with Gasteiger partial charge in [-0.05, 0) is 35.7 Å². The van der Waals surface area contributed by atoms with Crippen molar-refractivity contribution >= 4 is 11.9 Å². The number of benzene rings is 2. The summed E-state index contributed by atoms with van der Waals surface area (Å²) in [4.78, 5) is 30.9. The lowest BCUT2D eigenvalue weighted by Gasteiger charge is -2.29. The number of aromatic nitrogens is 2. The molecule has 2 aromatic carbocycles. The van der Waals surface area contributed by atoms with Gasteiger partial charge >= 0.3 is 18.1 Å². The summed E-state index contributed by atoms with van der Waals surface area (Å²) in [6.45, 7) is 4.25. The van der Waals surface area contributed by atoms with E-state index in [-0.39, 0.29) is 24.8 Å². The molecule has 0 amide bonds. The Kier molecular flexibility index (Phi) is 10.1. The number of carboxylic acid groups (broad SMARTS) is 2. The molecule has 2 heterocycles. The van der Waals surface area contributed by atoms with Crippen LogP contribution in [0.2, 0.25) is 0 Å². The number of alkyl halides is 3. The maximum atomic E-state index is 14.8. The summed E-state index contributed by atoms with van der Waals surface area (Å²) in [6.07, 6.45) is -2.52. The Morgan fingerprint density at radius 2 is 1.77 bits per heavy atom. The Hall–Kier alpha value is -4.13. The molecule has 8 nitrogen and oxygen atoms in total. The third kappa shape index (κ3) is 8.97. The number of nitrogens with zero attached hydrogens (tertiary/aromatic N) is 3. The number of halogens is 5. The van der Waals surface area contributed by atoms with Gasteiger partial charge in [-0.15, -0.1) is 0 Å². The van der Waals surface area contributed by atoms with Crippen LogP contribution in [0.4, 0.5) is 22.0 Å². The topological polar surface area (TPSA) is 113 Å². The van der Waals surface area contributed by atoms with Gasteiger partial charge in [0, 0.05) is 50.3 Å². The van der Waals surface area contributed by atoms with Crippen LogP contribution in [-0.4, -0.2) is 56.3 Å². The second-order valence-corrected chi connectivity index (χ2v) is 9.21. The van der Waals surface area contributed by atoms with Gasteiger partial charge in [0.1, 0.15) is 24.0 Å². The average molecular weight is 568 g/mol. The summed E-state index contributed by atoms with van der Waals surface area (Å²) in [6, 6.07) is 10.5. The van der Waals surface area contributed by atoms with Gasteiger partial charge in [0.2, 0.25) is 0 Å². The normalized spacial score (nSPS) is 13.9. The summed E-state index contributed by atoms with van der Waals surface area (Å²) in [5.41, 5.74) is 2.94. The predicted octanol–water partition coefficient (Wildman–Crippen LogP) is 5.10. The lowest BCUT2D eigenvalue weighted by Crippen LogP contribution is -2.35. The molecule has 40 heavy (non-hydrogen) atoms. The van der Waals surface area contributed by atoms with Gasteiger partial charge in [0.25, 0.3) is 0 Å². The highest BCUT2D eigenvalue weighted by Crippen LogP contribution is 2.27. The molecule has 0 bridgehead atoms. The third-order valence-electron chi connectivity index (χ3n) is 5.85. The molecule has 1 aliphatic rings. The number of carbonyl (C=O) groups is 2. The smallest absolute Gasteiger partial charge is 0.489 e. The number of hydrogen-bond donors (Lipinski definition) is 2. The van der Waals surface area contributed by atoms with Crippen molar-refractivity contribution in [1.29, 1.82) is 0 Å². The first-order chi connectivity index (χ1) is 18.8. The van der Waals surface area contributed by atoms with Gasteiger partial charge in [-0.3, -0.25) is 9.69 Å². The quantitative estimate of drug-likeness (QED) is 0.362. The fourth-order valence-corrected chi connectivity index (χ4v) is 3.98. The van der Waals surface area contributed by atoms with E-state index in [0.29, 0.717) is 36.6 Å². The number of rotatable bonds is 8. The maximum Gasteiger partial charge on any atom is 0.490 e. The van der Waals surface area contributed by atoms with Gasteiger partial charge < -0.3 is 14.9 Å². The minimum Gasteiger partial charge on any atom is -0.489 e. The number of hydrogen-bond acceptors (Lipinski definition) is 6. The highest BCUT2D eigenvalue weighted by atomic mass is 19.4. The zero-order valence-corrected chi connectivity index (χ0v) is 21.3. The first kappa shape index (κ1) is 30.4. The van der Waals surface area contributed by atoms with Crippen molar-refractivity contribution in [2.24, 2.45) is 5.92 Å². The predicted molar refractivity (Wildman–Crippen MR) is 132 cm³/mol. The molecule has 1 unspecified atom stereocenters. The summed E-state index contributed by atoms with van der Waals surface area (Å²) in [7, 11) is 0. The average Bonchev–Trinajstić information content (AvgIpc) is 2.87. The van der Waals surface area contributed by atoms with Crippen molar-refractivity contribution in [2.75, 3.05) is 13.1 Å². The van der Waals surface area contributed by atoms with Crippen LogP contribution in [0.15, 0.2) is 48.7 Å². The molecule has 0 radical (unpaired) electrons. The minimum absolute atomic E-state index is 0.0575. The largest absolute Gasteiger partial charge is 0.490 e. The zero-order valence-electron chi connectivity index (χ0n) is 21.3. The highest BCUT2D eigenvalue weighted by Gasteiger charge is 2.38. The van der Waals surface area contributed by atoms with E-state index in [1.807, 2.05) is 6.92 Å². The van der Waals surface area contributed by atoms with Crippen molar-refractivity contribution in [3.05, 3.63) is 77.1 Å². The van der Waals surface area contributed by atoms with Crippen LogP contribution in [-0.2, 0) is 29.2 Å². The van der Waals surface area contributed by atoms with E-state index in [9.17, 15) is 26.7 Å². The number of carboxylic acids is 2. The van der Waals surface area contributed by atoms with Crippen LogP contribution in [0.25, 0.3) is 11.4 Å². The van der Waals surface area contributed by atoms with E-state index in [1.165, 1.54) is 18.2 Å². The lowest BCUT2D eigenvalue weighted by molar-refractivity contribution is -0.192. The summed E-state index contributed by atoms with van der Waals surface area (Å²) in [5, 5.41) is 16.1. The minimum atomic E-state index is -5.08. The Morgan fingerprint density at radius 1 is 1.10 bits per heavy atom. The molecule has 0 aliphatic carbocycles. The monoisotopic (exact) mass is 567 g/mol. The Balaban J connectivity index is 0.000000559. The zero-order chi connectivity index (χ0) is 29.4. The van der Waals surface area contributed by atoms with Crippen molar-refractivity contribution in [3.63, 3.8) is 0 Å². The molecule has 0 fully saturated rings. The van der Waals surface area contributed by atoms with Gasteiger partial charge in [0.05, 0.1) is 11.3 Å². The number of aliphatic carboxylic acids is 2. The van der Waals surface area contributed by atoms with Crippen LogP contribution >= 0.6 is 0 Å². The highest BCUT2D eigenvalue weighted by molar-refractivity contribution is 5.73. The van der Waals surface area contributed by atoms with Crippen LogP contribution < -0.4 is 4.74 Å². The van der Waals surface area contributed by atoms with Crippen LogP contribution in [0, 0.1) is 17.6 Å². The molecule has 0 saturated heterocycles. The van der Waals surface area contributed by atoms with E-state index >= 15 is 0 Å². The first-order valence-electron chi connectivity index (χ1n) is 12.1. The maximum absolute atomic E-state index is 14.8. The van der Waals surface area contributed by atoms with E-state index in [2.05, 4.69) is 14.9 Å². The fourth-order valence-electron chi connectivity index (χ4n) is 3.98. The summed E-state index contributed by atoms with van der Waals surface area (Å²) < 4.78 is 65.1. The fraction of sp³-hybridized carbons (Fsp3) is 0.333. The Labute approximate surface area is 226 Å².